The molecule has 88 valence electrons. The van der Waals surface area contributed by atoms with Crippen molar-refractivity contribution in [2.24, 2.45) is 0 Å². The third-order valence-electron chi connectivity index (χ3n) is 1.50. The van der Waals surface area contributed by atoms with Crippen molar-refractivity contribution in [3.63, 3.8) is 0 Å². The van der Waals surface area contributed by atoms with Gasteiger partial charge in [-0.2, -0.15) is 13.1 Å². The van der Waals surface area contributed by atoms with Crippen molar-refractivity contribution in [1.82, 2.24) is 19.4 Å². The molecule has 0 atom stereocenters. The van der Waals surface area contributed by atoms with Gasteiger partial charge in [0.1, 0.15) is 0 Å². The average molecular weight is 246 g/mol. The Balaban J connectivity index is 2.58. The molecule has 0 fully saturated rings. The minimum absolute atomic E-state index is 0.129. The van der Waals surface area contributed by atoms with Crippen LogP contribution in [0, 0.1) is 6.92 Å². The third kappa shape index (κ3) is 4.19. The predicted octanol–water partition coefficient (Wildman–Crippen LogP) is -0.613. The van der Waals surface area contributed by atoms with Crippen molar-refractivity contribution in [3.8, 4) is 0 Å². The minimum Gasteiger partial charge on any atom is -0.464 e. The fourth-order valence-electron chi connectivity index (χ4n) is 0.831. The number of nitrogens with zero attached hydrogens (tertiary/aromatic N) is 2. The van der Waals surface area contributed by atoms with Crippen molar-refractivity contribution in [1.29, 1.82) is 0 Å². The maximum absolute atomic E-state index is 11.0. The summed E-state index contributed by atoms with van der Waals surface area (Å²) in [6.07, 6.45) is 1.23. The molecular weight excluding hydrogens is 236 g/mol. The zero-order chi connectivity index (χ0) is 12.2. The van der Waals surface area contributed by atoms with Crippen molar-refractivity contribution in [2.75, 3.05) is 0 Å². The smallest absolute Gasteiger partial charge is 0.419 e. The number of rotatable bonds is 4. The predicted molar refractivity (Wildman–Crippen MR) is 53.7 cm³/mol. The second kappa shape index (κ2) is 4.86. The number of amides is 1. The van der Waals surface area contributed by atoms with Gasteiger partial charge >= 0.3 is 16.3 Å². The lowest BCUT2D eigenvalue weighted by Gasteiger charge is -2.04. The summed E-state index contributed by atoms with van der Waals surface area (Å²) >= 11 is 0. The van der Waals surface area contributed by atoms with E-state index in [1.165, 1.54) is 17.1 Å². The molecular formula is C7H10N4O4S. The van der Waals surface area contributed by atoms with Crippen LogP contribution in [0.5, 0.6) is 0 Å². The summed E-state index contributed by atoms with van der Waals surface area (Å²) in [5, 5.41) is 8.22. The van der Waals surface area contributed by atoms with E-state index in [1.807, 2.05) is 4.72 Å². The number of hydrogen-bond donors (Lipinski definition) is 3. The minimum atomic E-state index is -4.06. The van der Waals surface area contributed by atoms with Crippen LogP contribution in [0.4, 0.5) is 4.79 Å². The Kier molecular flexibility index (Phi) is 3.74. The van der Waals surface area contributed by atoms with Crippen LogP contribution >= 0.6 is 0 Å². The van der Waals surface area contributed by atoms with Crippen molar-refractivity contribution in [2.45, 2.75) is 13.5 Å². The lowest BCUT2D eigenvalue weighted by atomic mass is 10.4. The molecule has 0 radical (unpaired) electrons. The van der Waals surface area contributed by atoms with Crippen LogP contribution in [0.3, 0.4) is 0 Å². The lowest BCUT2D eigenvalue weighted by molar-refractivity contribution is 0.201. The Bertz CT molecular complexity index is 470. The highest BCUT2D eigenvalue weighted by molar-refractivity contribution is 7.88. The molecule has 1 rings (SSSR count). The van der Waals surface area contributed by atoms with Gasteiger partial charge in [-0.15, -0.1) is 0 Å². The van der Waals surface area contributed by atoms with E-state index in [1.54, 1.807) is 6.92 Å². The first-order valence-corrected chi connectivity index (χ1v) is 5.65. The molecule has 8 nitrogen and oxygen atoms in total. The van der Waals surface area contributed by atoms with E-state index < -0.39 is 16.3 Å². The SMILES string of the molecule is Cc1cnc(CNS(=O)(=O)NC(=O)O)cn1. The second-order valence-electron chi connectivity index (χ2n) is 2.88. The monoisotopic (exact) mass is 246 g/mol. The van der Waals surface area contributed by atoms with Crippen LogP contribution < -0.4 is 9.44 Å². The number of nitrogens with one attached hydrogen (secondary N) is 2. The lowest BCUT2D eigenvalue weighted by Crippen LogP contribution is -2.39. The van der Waals surface area contributed by atoms with E-state index in [4.69, 9.17) is 5.11 Å². The Morgan fingerprint density at radius 3 is 2.62 bits per heavy atom. The van der Waals surface area contributed by atoms with E-state index in [0.717, 1.165) is 0 Å². The van der Waals surface area contributed by atoms with E-state index in [0.29, 0.717) is 11.4 Å². The molecule has 0 spiro atoms. The van der Waals surface area contributed by atoms with Crippen LogP contribution in [0.15, 0.2) is 12.4 Å². The van der Waals surface area contributed by atoms with E-state index in [-0.39, 0.29) is 6.54 Å². The first-order valence-electron chi connectivity index (χ1n) is 4.17. The number of carboxylic acid groups (broad SMARTS) is 1. The highest BCUT2D eigenvalue weighted by atomic mass is 32.2. The average Bonchev–Trinajstić information content (AvgIpc) is 2.15. The number of aromatic nitrogens is 2. The van der Waals surface area contributed by atoms with Crippen molar-refractivity contribution < 1.29 is 18.3 Å². The molecule has 0 aliphatic carbocycles. The molecule has 1 amide bonds. The Hall–Kier alpha value is -1.74. The Labute approximate surface area is 91.9 Å². The van der Waals surface area contributed by atoms with E-state index >= 15 is 0 Å². The largest absolute Gasteiger partial charge is 0.464 e. The van der Waals surface area contributed by atoms with Gasteiger partial charge < -0.3 is 5.11 Å². The molecule has 0 aliphatic heterocycles. The molecule has 0 saturated carbocycles. The fourth-order valence-corrected chi connectivity index (χ4v) is 1.47. The molecule has 0 aromatic carbocycles. The molecule has 0 unspecified atom stereocenters. The Morgan fingerprint density at radius 1 is 1.44 bits per heavy atom. The first kappa shape index (κ1) is 12.3. The van der Waals surface area contributed by atoms with Gasteiger partial charge in [-0.25, -0.2) is 9.52 Å². The summed E-state index contributed by atoms with van der Waals surface area (Å²) < 4.78 is 25.4. The number of aryl methyl sites for hydroxylation is 1. The van der Waals surface area contributed by atoms with Gasteiger partial charge in [0, 0.05) is 6.20 Å². The third-order valence-corrected chi connectivity index (χ3v) is 2.47. The quantitative estimate of drug-likeness (QED) is 0.651. The zero-order valence-corrected chi connectivity index (χ0v) is 9.15. The van der Waals surface area contributed by atoms with Gasteiger partial charge in [-0.1, -0.05) is 0 Å². The first-order chi connectivity index (χ1) is 7.39. The molecule has 9 heteroatoms. The van der Waals surface area contributed by atoms with Gasteiger partial charge in [0.25, 0.3) is 0 Å². The van der Waals surface area contributed by atoms with Gasteiger partial charge in [-0.05, 0) is 6.92 Å². The number of carbonyl (C=O) groups is 1. The normalized spacial score (nSPS) is 11.1. The van der Waals surface area contributed by atoms with Crippen LogP contribution in [0.1, 0.15) is 11.4 Å². The summed E-state index contributed by atoms with van der Waals surface area (Å²) in [7, 11) is -4.06. The number of hydrogen-bond acceptors (Lipinski definition) is 5. The summed E-state index contributed by atoms with van der Waals surface area (Å²) in [5.41, 5.74) is 1.09. The molecule has 0 aliphatic rings. The molecule has 1 aromatic rings. The molecule has 1 heterocycles. The molecule has 0 bridgehead atoms. The van der Waals surface area contributed by atoms with Crippen LogP contribution in [-0.4, -0.2) is 29.6 Å². The fraction of sp³-hybridized carbons (Fsp3) is 0.286. The molecule has 16 heavy (non-hydrogen) atoms. The highest BCUT2D eigenvalue weighted by Gasteiger charge is 2.12. The highest BCUT2D eigenvalue weighted by Crippen LogP contribution is 1.94. The van der Waals surface area contributed by atoms with Crippen molar-refractivity contribution in [3.05, 3.63) is 23.8 Å². The van der Waals surface area contributed by atoms with Crippen molar-refractivity contribution >= 4 is 16.3 Å². The van der Waals surface area contributed by atoms with E-state index in [9.17, 15) is 13.2 Å². The maximum atomic E-state index is 11.0. The summed E-state index contributed by atoms with van der Waals surface area (Å²) in [4.78, 5) is 17.9. The van der Waals surface area contributed by atoms with Crippen LogP contribution in [0.25, 0.3) is 0 Å². The summed E-state index contributed by atoms with van der Waals surface area (Å²) in [6.45, 7) is 1.61. The Morgan fingerprint density at radius 2 is 2.12 bits per heavy atom. The van der Waals surface area contributed by atoms with Gasteiger partial charge in [-0.3, -0.25) is 9.97 Å². The van der Waals surface area contributed by atoms with Crippen LogP contribution in [-0.2, 0) is 16.8 Å². The summed E-state index contributed by atoms with van der Waals surface area (Å²) in [5.74, 6) is 0. The second-order valence-corrected chi connectivity index (χ2v) is 4.38. The van der Waals surface area contributed by atoms with Gasteiger partial charge in [0.15, 0.2) is 0 Å². The molecule has 3 N–H and O–H groups in total. The van der Waals surface area contributed by atoms with Gasteiger partial charge in [0.05, 0.1) is 24.1 Å². The summed E-state index contributed by atoms with van der Waals surface area (Å²) in [6, 6.07) is 0. The van der Waals surface area contributed by atoms with Crippen LogP contribution in [0.2, 0.25) is 0 Å². The molecule has 0 saturated heterocycles. The maximum Gasteiger partial charge on any atom is 0.419 e. The zero-order valence-electron chi connectivity index (χ0n) is 8.34. The molecule has 1 aromatic heterocycles. The topological polar surface area (TPSA) is 121 Å². The van der Waals surface area contributed by atoms with E-state index in [2.05, 4.69) is 9.97 Å². The standard InChI is InChI=1S/C7H10N4O4S/c1-5-2-9-6(3-8-5)4-10-16(14,15)11-7(12)13/h2-3,10-11H,4H2,1H3,(H,12,13). The van der Waals surface area contributed by atoms with Gasteiger partial charge in [0.2, 0.25) is 0 Å².